The summed E-state index contributed by atoms with van der Waals surface area (Å²) in [7, 11) is 0. The first-order valence-corrected chi connectivity index (χ1v) is 10.5. The van der Waals surface area contributed by atoms with Gasteiger partial charge in [-0.15, -0.1) is 0 Å². The summed E-state index contributed by atoms with van der Waals surface area (Å²) in [6, 6.07) is 10.3. The molecule has 2 rings (SSSR count). The lowest BCUT2D eigenvalue weighted by atomic mass is 10.2. The largest absolute Gasteiger partial charge is 0.484 e. The van der Waals surface area contributed by atoms with E-state index in [1.807, 2.05) is 19.1 Å². The molecule has 0 saturated heterocycles. The Morgan fingerprint density at radius 3 is 2.34 bits per heavy atom. The molecule has 0 aliphatic rings. The molecule has 11 heteroatoms. The van der Waals surface area contributed by atoms with Crippen LogP contribution in [0.25, 0.3) is 0 Å². The van der Waals surface area contributed by atoms with Crippen molar-refractivity contribution >= 4 is 72.6 Å². The maximum absolute atomic E-state index is 12.0. The molecule has 3 N–H and O–H groups in total. The number of carbonyl (C=O) groups excluding carboxylic acids is 2. The van der Waals surface area contributed by atoms with Gasteiger partial charge in [0.15, 0.2) is 18.3 Å². The lowest BCUT2D eigenvalue weighted by Gasteiger charge is -2.13. The fourth-order valence-electron chi connectivity index (χ4n) is 2.05. The maximum atomic E-state index is 12.0. The second-order valence-corrected chi connectivity index (χ2v) is 8.23. The number of thiocarbonyl (C=S) groups is 1. The number of carbonyl (C=O) groups is 2. The molecule has 0 radical (unpaired) electrons. The Morgan fingerprint density at radius 2 is 1.69 bits per heavy atom. The number of hydrazine groups is 1. The summed E-state index contributed by atoms with van der Waals surface area (Å²) in [6.07, 6.45) is 0. The molecular weight excluding hydrogens is 550 g/mol. The minimum Gasteiger partial charge on any atom is -0.484 e. The van der Waals surface area contributed by atoms with E-state index < -0.39 is 11.8 Å². The molecule has 0 fully saturated rings. The summed E-state index contributed by atoms with van der Waals surface area (Å²) in [5.74, 6) is 0.0763. The Bertz CT molecular complexity index is 889. The van der Waals surface area contributed by atoms with Crippen LogP contribution in [-0.4, -0.2) is 30.1 Å². The molecule has 2 aromatic carbocycles. The molecule has 0 saturated carbocycles. The van der Waals surface area contributed by atoms with Crippen LogP contribution < -0.4 is 25.6 Å². The zero-order valence-electron chi connectivity index (χ0n) is 15.1. The summed E-state index contributed by atoms with van der Waals surface area (Å²) in [4.78, 5) is 23.7. The number of ether oxygens (including phenoxy) is 2. The molecule has 0 atom stereocenters. The number of nitrogens with one attached hydrogen (secondary N) is 3. The molecule has 0 heterocycles. The first-order valence-electron chi connectivity index (χ1n) is 8.10. The third kappa shape index (κ3) is 8.17. The van der Waals surface area contributed by atoms with Crippen LogP contribution in [0, 0.1) is 6.92 Å². The quantitative estimate of drug-likeness (QED) is 0.366. The van der Waals surface area contributed by atoms with Crippen molar-refractivity contribution in [3.8, 4) is 11.5 Å². The van der Waals surface area contributed by atoms with Gasteiger partial charge >= 0.3 is 0 Å². The van der Waals surface area contributed by atoms with Crippen LogP contribution in [0.4, 0.5) is 0 Å². The third-order valence-electron chi connectivity index (χ3n) is 3.29. The normalized spacial score (nSPS) is 10.1. The zero-order valence-corrected chi connectivity index (χ0v) is 19.8. The predicted molar refractivity (Wildman–Crippen MR) is 121 cm³/mol. The highest BCUT2D eigenvalue weighted by atomic mass is 79.9. The van der Waals surface area contributed by atoms with Gasteiger partial charge in [-0.25, -0.2) is 0 Å². The summed E-state index contributed by atoms with van der Waals surface area (Å²) >= 11 is 17.5. The molecule has 7 nitrogen and oxygen atoms in total. The second-order valence-electron chi connectivity index (χ2n) is 5.62. The Morgan fingerprint density at radius 1 is 1.03 bits per heavy atom. The average Bonchev–Trinajstić information content (AvgIpc) is 2.65. The third-order valence-corrected chi connectivity index (χ3v) is 4.80. The van der Waals surface area contributed by atoms with Crippen molar-refractivity contribution < 1.29 is 19.1 Å². The SMILES string of the molecule is Cc1cc(Br)cc(Br)c1OCC(=O)NC(=S)NNC(=O)COc1ccc(Cl)cc1. The smallest absolute Gasteiger partial charge is 0.276 e. The fourth-order valence-corrected chi connectivity index (χ4v) is 3.89. The lowest BCUT2D eigenvalue weighted by Crippen LogP contribution is -2.50. The lowest BCUT2D eigenvalue weighted by molar-refractivity contribution is -0.124. The van der Waals surface area contributed by atoms with Gasteiger partial charge in [0.05, 0.1) is 4.47 Å². The Labute approximate surface area is 194 Å². The molecule has 2 aromatic rings. The zero-order chi connectivity index (χ0) is 21.4. The highest BCUT2D eigenvalue weighted by Gasteiger charge is 2.11. The van der Waals surface area contributed by atoms with E-state index in [2.05, 4.69) is 48.0 Å². The number of rotatable bonds is 6. The molecule has 2 amide bonds. The minimum absolute atomic E-state index is 0.0787. The fraction of sp³-hybridized carbons (Fsp3) is 0.167. The van der Waals surface area contributed by atoms with Crippen molar-refractivity contribution in [1.29, 1.82) is 0 Å². The number of aryl methyl sites for hydroxylation is 1. The van der Waals surface area contributed by atoms with Crippen LogP contribution in [-0.2, 0) is 9.59 Å². The van der Waals surface area contributed by atoms with E-state index in [1.165, 1.54) is 0 Å². The highest BCUT2D eigenvalue weighted by Crippen LogP contribution is 2.32. The Balaban J connectivity index is 1.69. The van der Waals surface area contributed by atoms with Crippen LogP contribution in [0.1, 0.15) is 5.56 Å². The van der Waals surface area contributed by atoms with Crippen LogP contribution >= 0.6 is 55.7 Å². The Kier molecular flexibility index (Phi) is 9.15. The summed E-state index contributed by atoms with van der Waals surface area (Å²) < 4.78 is 12.4. The van der Waals surface area contributed by atoms with E-state index in [1.54, 1.807) is 24.3 Å². The molecule has 0 spiro atoms. The van der Waals surface area contributed by atoms with Gasteiger partial charge in [-0.05, 0) is 77.0 Å². The van der Waals surface area contributed by atoms with Crippen molar-refractivity contribution in [2.24, 2.45) is 0 Å². The van der Waals surface area contributed by atoms with Gasteiger partial charge in [0.1, 0.15) is 11.5 Å². The van der Waals surface area contributed by atoms with E-state index in [9.17, 15) is 9.59 Å². The van der Waals surface area contributed by atoms with E-state index in [0.717, 1.165) is 10.0 Å². The van der Waals surface area contributed by atoms with Crippen LogP contribution in [0.3, 0.4) is 0 Å². The van der Waals surface area contributed by atoms with E-state index in [4.69, 9.17) is 33.3 Å². The van der Waals surface area contributed by atoms with Crippen molar-refractivity contribution in [1.82, 2.24) is 16.2 Å². The molecule has 0 bridgehead atoms. The maximum Gasteiger partial charge on any atom is 0.276 e. The highest BCUT2D eigenvalue weighted by molar-refractivity contribution is 9.11. The molecule has 0 aromatic heterocycles. The standard InChI is InChI=1S/C18H16Br2ClN3O4S/c1-10-6-11(19)7-14(20)17(10)28-8-15(25)22-18(29)24-23-16(26)9-27-13-4-2-12(21)3-5-13/h2-7H,8-9H2,1H3,(H,23,26)(H2,22,24,25,29). The minimum atomic E-state index is -0.484. The van der Waals surface area contributed by atoms with Gasteiger partial charge in [0.25, 0.3) is 11.8 Å². The van der Waals surface area contributed by atoms with Gasteiger partial charge in [0, 0.05) is 9.50 Å². The van der Waals surface area contributed by atoms with Gasteiger partial charge in [-0.3, -0.25) is 25.8 Å². The van der Waals surface area contributed by atoms with Crippen molar-refractivity contribution in [3.05, 3.63) is 55.9 Å². The molecule has 154 valence electrons. The number of hydrogen-bond acceptors (Lipinski definition) is 5. The average molecular weight is 566 g/mol. The van der Waals surface area contributed by atoms with Gasteiger partial charge in [-0.1, -0.05) is 27.5 Å². The first-order chi connectivity index (χ1) is 13.7. The molecule has 0 aliphatic carbocycles. The molecule has 0 unspecified atom stereocenters. The summed E-state index contributed by atoms with van der Waals surface area (Å²) in [5, 5.41) is 2.88. The second kappa shape index (κ2) is 11.3. The van der Waals surface area contributed by atoms with Gasteiger partial charge < -0.3 is 9.47 Å². The number of amides is 2. The molecule has 29 heavy (non-hydrogen) atoms. The first kappa shape index (κ1) is 23.4. The van der Waals surface area contributed by atoms with E-state index in [0.29, 0.717) is 21.0 Å². The van der Waals surface area contributed by atoms with E-state index in [-0.39, 0.29) is 18.3 Å². The van der Waals surface area contributed by atoms with Gasteiger partial charge in [0.2, 0.25) is 0 Å². The number of benzene rings is 2. The van der Waals surface area contributed by atoms with Crippen LogP contribution in [0.2, 0.25) is 5.02 Å². The Hall–Kier alpha value is -1.88. The number of halogens is 3. The molecule has 0 aliphatic heterocycles. The summed E-state index contributed by atoms with van der Waals surface area (Å²) in [6.45, 7) is 1.36. The van der Waals surface area contributed by atoms with Crippen LogP contribution in [0.5, 0.6) is 11.5 Å². The van der Waals surface area contributed by atoms with E-state index >= 15 is 0 Å². The van der Waals surface area contributed by atoms with Crippen LogP contribution in [0.15, 0.2) is 45.3 Å². The van der Waals surface area contributed by atoms with Crippen molar-refractivity contribution in [2.45, 2.75) is 6.92 Å². The molecular formula is C18H16Br2ClN3O4S. The van der Waals surface area contributed by atoms with Crippen molar-refractivity contribution in [2.75, 3.05) is 13.2 Å². The predicted octanol–water partition coefficient (Wildman–Crippen LogP) is 3.65. The summed E-state index contributed by atoms with van der Waals surface area (Å²) in [5.41, 5.74) is 5.59. The topological polar surface area (TPSA) is 88.7 Å². The monoisotopic (exact) mass is 563 g/mol. The van der Waals surface area contributed by atoms with Crippen molar-refractivity contribution in [3.63, 3.8) is 0 Å². The number of hydrogen-bond donors (Lipinski definition) is 3. The van der Waals surface area contributed by atoms with Gasteiger partial charge in [-0.2, -0.15) is 0 Å².